The van der Waals surface area contributed by atoms with Crippen LogP contribution in [0, 0.1) is 0 Å². The van der Waals surface area contributed by atoms with E-state index < -0.39 is 23.3 Å². The summed E-state index contributed by atoms with van der Waals surface area (Å²) in [5.74, 6) is 0.789. The van der Waals surface area contributed by atoms with Crippen molar-refractivity contribution in [3.8, 4) is 5.88 Å². The highest BCUT2D eigenvalue weighted by Crippen LogP contribution is 2.38. The third-order valence-electron chi connectivity index (χ3n) is 4.32. The summed E-state index contributed by atoms with van der Waals surface area (Å²) in [5.41, 5.74) is 2.61. The van der Waals surface area contributed by atoms with Crippen molar-refractivity contribution in [1.29, 1.82) is 0 Å². The maximum Gasteiger partial charge on any atom is 0.416 e. The van der Waals surface area contributed by atoms with E-state index in [4.69, 9.17) is 4.74 Å². The number of halogens is 5. The molecule has 0 saturated carbocycles. The van der Waals surface area contributed by atoms with Gasteiger partial charge in [-0.2, -0.15) is 22.0 Å². The number of allylic oxidation sites excluding steroid dienone is 3. The molecule has 0 aliphatic carbocycles. The van der Waals surface area contributed by atoms with E-state index >= 15 is 0 Å². The molecule has 4 nitrogen and oxygen atoms in total. The van der Waals surface area contributed by atoms with Crippen LogP contribution in [0.25, 0.3) is 10.9 Å². The molecule has 0 saturated heterocycles. The maximum atomic E-state index is 13.4. The van der Waals surface area contributed by atoms with Crippen LogP contribution in [-0.2, 0) is 18.8 Å². The first-order valence-corrected chi connectivity index (χ1v) is 8.80. The molecule has 0 amide bonds. The number of benzene rings is 2. The Morgan fingerprint density at radius 2 is 1.83 bits per heavy atom. The molecule has 2 aromatic carbocycles. The second kappa shape index (κ2) is 7.91. The zero-order valence-electron chi connectivity index (χ0n) is 15.9. The van der Waals surface area contributed by atoms with Crippen molar-refractivity contribution in [2.45, 2.75) is 25.7 Å². The van der Waals surface area contributed by atoms with Crippen LogP contribution in [0.1, 0.15) is 23.6 Å². The minimum absolute atomic E-state index is 0.0897. The SMILES string of the molecule is C=C/C=C(/C)Oc1nn(Cc2ccc(C(N)(F)F)c(C(F)(F)F)c2)c2ccccc12. The molecule has 0 bridgehead atoms. The van der Waals surface area contributed by atoms with Crippen molar-refractivity contribution in [3.05, 3.63) is 83.6 Å². The molecule has 30 heavy (non-hydrogen) atoms. The molecular formula is C21H18F5N3O. The number of hydrogen-bond acceptors (Lipinski definition) is 3. The van der Waals surface area contributed by atoms with Gasteiger partial charge in [0, 0.05) is 5.56 Å². The minimum Gasteiger partial charge on any atom is -0.442 e. The van der Waals surface area contributed by atoms with E-state index in [-0.39, 0.29) is 18.0 Å². The average molecular weight is 423 g/mol. The normalized spacial score (nSPS) is 13.0. The standard InChI is InChI=1S/C21H18F5N3O/c1-3-6-13(2)30-19-15-7-4-5-8-18(15)29(28-19)12-14-9-10-16(21(25,26)27)17(11-14)20(22,23)24/h3-11H,1,12,27H2,2H3/b13-6-. The minimum atomic E-state index is -4.98. The highest BCUT2D eigenvalue weighted by Gasteiger charge is 2.40. The Bertz CT molecular complexity index is 1110. The van der Waals surface area contributed by atoms with Crippen molar-refractivity contribution in [1.82, 2.24) is 9.78 Å². The largest absolute Gasteiger partial charge is 0.442 e. The summed E-state index contributed by atoms with van der Waals surface area (Å²) in [6.07, 6.45) is -1.81. The summed E-state index contributed by atoms with van der Waals surface area (Å²) in [7, 11) is 0. The van der Waals surface area contributed by atoms with Crippen molar-refractivity contribution in [3.63, 3.8) is 0 Å². The molecule has 1 aromatic heterocycles. The number of nitrogens with two attached hydrogens (primary N) is 1. The molecule has 0 unspecified atom stereocenters. The molecule has 2 N–H and O–H groups in total. The fraction of sp³-hybridized carbons (Fsp3) is 0.190. The third-order valence-corrected chi connectivity index (χ3v) is 4.32. The highest BCUT2D eigenvalue weighted by molar-refractivity contribution is 5.84. The van der Waals surface area contributed by atoms with E-state index in [1.807, 2.05) is 0 Å². The number of alkyl halides is 5. The molecule has 0 radical (unpaired) electrons. The van der Waals surface area contributed by atoms with Gasteiger partial charge in [-0.15, -0.1) is 5.10 Å². The average Bonchev–Trinajstić information content (AvgIpc) is 2.98. The van der Waals surface area contributed by atoms with Gasteiger partial charge in [0.2, 0.25) is 5.88 Å². The van der Waals surface area contributed by atoms with E-state index in [1.165, 1.54) is 10.7 Å². The lowest BCUT2D eigenvalue weighted by Crippen LogP contribution is -2.29. The van der Waals surface area contributed by atoms with Crippen LogP contribution in [0.15, 0.2) is 67.0 Å². The second-order valence-electron chi connectivity index (χ2n) is 6.60. The van der Waals surface area contributed by atoms with Gasteiger partial charge in [-0.25, -0.2) is 0 Å². The smallest absolute Gasteiger partial charge is 0.416 e. The summed E-state index contributed by atoms with van der Waals surface area (Å²) in [5, 5.41) is 4.98. The number of aromatic nitrogens is 2. The molecule has 9 heteroatoms. The fourth-order valence-electron chi connectivity index (χ4n) is 3.03. The van der Waals surface area contributed by atoms with Crippen LogP contribution >= 0.6 is 0 Å². The summed E-state index contributed by atoms with van der Waals surface area (Å²) in [6, 6.07) is 5.42. The monoisotopic (exact) mass is 423 g/mol. The Balaban J connectivity index is 2.05. The fourth-order valence-corrected chi connectivity index (χ4v) is 3.03. The lowest BCUT2D eigenvalue weighted by molar-refractivity contribution is -0.142. The predicted molar refractivity (Wildman–Crippen MR) is 103 cm³/mol. The maximum absolute atomic E-state index is 13.4. The Hall–Kier alpha value is -3.20. The van der Waals surface area contributed by atoms with Gasteiger partial charge < -0.3 is 4.74 Å². The van der Waals surface area contributed by atoms with E-state index in [1.54, 1.807) is 43.3 Å². The number of fused-ring (bicyclic) bond motifs is 1. The third kappa shape index (κ3) is 4.51. The summed E-state index contributed by atoms with van der Waals surface area (Å²) >= 11 is 0. The molecule has 3 rings (SSSR count). The van der Waals surface area contributed by atoms with Crippen LogP contribution in [0.5, 0.6) is 5.88 Å². The van der Waals surface area contributed by atoms with Crippen LogP contribution in [0.3, 0.4) is 0 Å². The molecule has 0 atom stereocenters. The van der Waals surface area contributed by atoms with Crippen LogP contribution < -0.4 is 10.5 Å². The predicted octanol–water partition coefficient (Wildman–Crippen LogP) is 5.58. The van der Waals surface area contributed by atoms with E-state index in [9.17, 15) is 22.0 Å². The van der Waals surface area contributed by atoms with Crippen molar-refractivity contribution in [2.24, 2.45) is 5.73 Å². The van der Waals surface area contributed by atoms with E-state index in [0.29, 0.717) is 28.8 Å². The lowest BCUT2D eigenvalue weighted by atomic mass is 10.0. The molecule has 158 valence electrons. The Labute approximate surface area is 169 Å². The summed E-state index contributed by atoms with van der Waals surface area (Å²) in [6.45, 7) is 5.20. The van der Waals surface area contributed by atoms with Gasteiger partial charge in [0.25, 0.3) is 0 Å². The van der Waals surface area contributed by atoms with Crippen LogP contribution in [-0.4, -0.2) is 9.78 Å². The first kappa shape index (κ1) is 21.5. The Kier molecular flexibility index (Phi) is 5.67. The second-order valence-corrected chi connectivity index (χ2v) is 6.60. The van der Waals surface area contributed by atoms with Gasteiger partial charge in [-0.1, -0.05) is 36.9 Å². The number of ether oxygens (including phenoxy) is 1. The molecule has 0 aliphatic rings. The molecule has 0 spiro atoms. The Morgan fingerprint density at radius 1 is 1.13 bits per heavy atom. The van der Waals surface area contributed by atoms with Gasteiger partial charge in [0.15, 0.2) is 0 Å². The van der Waals surface area contributed by atoms with Gasteiger partial charge >= 0.3 is 12.2 Å². The molecule has 3 aromatic rings. The Morgan fingerprint density at radius 3 is 2.47 bits per heavy atom. The van der Waals surface area contributed by atoms with E-state index in [2.05, 4.69) is 17.4 Å². The van der Waals surface area contributed by atoms with Gasteiger partial charge in [-0.3, -0.25) is 10.4 Å². The van der Waals surface area contributed by atoms with Gasteiger partial charge in [0.05, 0.1) is 23.0 Å². The number of hydrogen-bond donors (Lipinski definition) is 1. The highest BCUT2D eigenvalue weighted by atomic mass is 19.4. The quantitative estimate of drug-likeness (QED) is 0.244. The summed E-state index contributed by atoms with van der Waals surface area (Å²) < 4.78 is 74.0. The topological polar surface area (TPSA) is 53.1 Å². The zero-order chi connectivity index (χ0) is 22.1. The number of para-hydroxylation sites is 1. The van der Waals surface area contributed by atoms with Crippen LogP contribution in [0.2, 0.25) is 0 Å². The zero-order valence-corrected chi connectivity index (χ0v) is 15.9. The van der Waals surface area contributed by atoms with Crippen molar-refractivity contribution in [2.75, 3.05) is 0 Å². The van der Waals surface area contributed by atoms with Crippen LogP contribution in [0.4, 0.5) is 22.0 Å². The lowest BCUT2D eigenvalue weighted by Gasteiger charge is -2.18. The molecule has 0 aliphatic heterocycles. The van der Waals surface area contributed by atoms with Gasteiger partial charge in [0.1, 0.15) is 5.76 Å². The van der Waals surface area contributed by atoms with Crippen molar-refractivity contribution < 1.29 is 26.7 Å². The van der Waals surface area contributed by atoms with Crippen molar-refractivity contribution >= 4 is 10.9 Å². The van der Waals surface area contributed by atoms with Gasteiger partial charge in [-0.05, 0) is 36.8 Å². The number of rotatable bonds is 6. The first-order chi connectivity index (χ1) is 14.0. The summed E-state index contributed by atoms with van der Waals surface area (Å²) in [4.78, 5) is 0. The molecule has 1 heterocycles. The van der Waals surface area contributed by atoms with E-state index in [0.717, 1.165) is 0 Å². The molecule has 0 fully saturated rings. The molecular weight excluding hydrogens is 405 g/mol. The first-order valence-electron chi connectivity index (χ1n) is 8.80. The number of nitrogens with zero attached hydrogens (tertiary/aromatic N) is 2.